The van der Waals surface area contributed by atoms with Crippen molar-refractivity contribution in [2.24, 2.45) is 17.8 Å². The summed E-state index contributed by atoms with van der Waals surface area (Å²) in [6.07, 6.45) is 4.02. The lowest BCUT2D eigenvalue weighted by molar-refractivity contribution is -0.150. The number of hydrogen-bond acceptors (Lipinski definition) is 2. The number of esters is 1. The first kappa shape index (κ1) is 5.16. The molecule has 2 heteroatoms. The van der Waals surface area contributed by atoms with Gasteiger partial charge in [0.15, 0.2) is 0 Å². The van der Waals surface area contributed by atoms with E-state index in [1.54, 1.807) is 0 Å². The Morgan fingerprint density at radius 2 is 2.30 bits per heavy atom. The Labute approximate surface area is 59.6 Å². The van der Waals surface area contributed by atoms with Gasteiger partial charge in [-0.1, -0.05) is 0 Å². The van der Waals surface area contributed by atoms with Crippen LogP contribution in [0.15, 0.2) is 0 Å². The van der Waals surface area contributed by atoms with Crippen LogP contribution in [0.3, 0.4) is 0 Å². The summed E-state index contributed by atoms with van der Waals surface area (Å²) in [5.41, 5.74) is 0. The van der Waals surface area contributed by atoms with Crippen LogP contribution in [0.4, 0.5) is 0 Å². The molecule has 4 bridgehead atoms. The van der Waals surface area contributed by atoms with Gasteiger partial charge in [-0.2, -0.15) is 0 Å². The highest BCUT2D eigenvalue weighted by molar-refractivity contribution is 5.77. The second-order valence-corrected chi connectivity index (χ2v) is 3.74. The monoisotopic (exact) mass is 138 g/mol. The molecule has 10 heavy (non-hydrogen) atoms. The van der Waals surface area contributed by atoms with Crippen LogP contribution in [0, 0.1) is 17.8 Å². The summed E-state index contributed by atoms with van der Waals surface area (Å²) in [4.78, 5) is 11.1. The first-order valence-electron chi connectivity index (χ1n) is 4.07. The number of carbonyl (C=O) groups excluding carboxylic acids is 1. The van der Waals surface area contributed by atoms with Gasteiger partial charge in [-0.25, -0.2) is 0 Å². The molecule has 1 aliphatic heterocycles. The van der Waals surface area contributed by atoms with Gasteiger partial charge in [0, 0.05) is 5.92 Å². The molecule has 0 radical (unpaired) electrons. The van der Waals surface area contributed by atoms with Crippen molar-refractivity contribution in [3.05, 3.63) is 0 Å². The minimum absolute atomic E-state index is 0.101. The first-order chi connectivity index (χ1) is 4.86. The van der Waals surface area contributed by atoms with Gasteiger partial charge in [0.05, 0.1) is 5.92 Å². The molecule has 0 N–H and O–H groups in total. The van der Waals surface area contributed by atoms with Crippen molar-refractivity contribution in [3.8, 4) is 0 Å². The van der Waals surface area contributed by atoms with Crippen molar-refractivity contribution in [1.29, 1.82) is 0 Å². The van der Waals surface area contributed by atoms with Crippen molar-refractivity contribution in [3.63, 3.8) is 0 Å². The van der Waals surface area contributed by atoms with Gasteiger partial charge in [-0.3, -0.25) is 4.79 Å². The number of carbonyl (C=O) groups is 1. The summed E-state index contributed by atoms with van der Waals surface area (Å²) >= 11 is 0. The molecule has 2 aliphatic carbocycles. The third kappa shape index (κ3) is 0.386. The van der Waals surface area contributed by atoms with Gasteiger partial charge < -0.3 is 4.74 Å². The lowest BCUT2D eigenvalue weighted by atomic mass is 9.97. The summed E-state index contributed by atoms with van der Waals surface area (Å²) in [5.74, 6) is 1.75. The first-order valence-corrected chi connectivity index (χ1v) is 4.07. The molecule has 4 atom stereocenters. The molecule has 1 saturated heterocycles. The molecule has 1 heterocycles. The number of ether oxygens (including phenoxy) is 1. The highest BCUT2D eigenvalue weighted by Crippen LogP contribution is 2.55. The van der Waals surface area contributed by atoms with Gasteiger partial charge in [0.25, 0.3) is 0 Å². The van der Waals surface area contributed by atoms with Crippen molar-refractivity contribution in [2.45, 2.75) is 25.4 Å². The zero-order valence-corrected chi connectivity index (χ0v) is 5.75. The Balaban J connectivity index is 2.06. The van der Waals surface area contributed by atoms with E-state index in [0.29, 0.717) is 23.9 Å². The van der Waals surface area contributed by atoms with E-state index in [-0.39, 0.29) is 5.97 Å². The van der Waals surface area contributed by atoms with Crippen LogP contribution in [-0.2, 0) is 9.53 Å². The molecule has 0 unspecified atom stereocenters. The van der Waals surface area contributed by atoms with Crippen molar-refractivity contribution >= 4 is 5.97 Å². The van der Waals surface area contributed by atoms with Crippen molar-refractivity contribution < 1.29 is 9.53 Å². The Morgan fingerprint density at radius 3 is 2.90 bits per heavy atom. The summed E-state index contributed by atoms with van der Waals surface area (Å²) in [6.45, 7) is 0. The summed E-state index contributed by atoms with van der Waals surface area (Å²) in [7, 11) is 0. The molecule has 0 amide bonds. The molecule has 0 aromatic rings. The summed E-state index contributed by atoms with van der Waals surface area (Å²) in [5, 5.41) is 0. The van der Waals surface area contributed by atoms with E-state index in [2.05, 4.69) is 0 Å². The molecule has 2 nitrogen and oxygen atoms in total. The molecule has 2 saturated carbocycles. The lowest BCUT2D eigenvalue weighted by Crippen LogP contribution is -2.22. The van der Waals surface area contributed by atoms with Crippen LogP contribution < -0.4 is 0 Å². The Hall–Kier alpha value is -0.530. The molecule has 3 fully saturated rings. The Kier molecular flexibility index (Phi) is 0.715. The van der Waals surface area contributed by atoms with E-state index in [1.165, 1.54) is 19.3 Å². The van der Waals surface area contributed by atoms with Crippen molar-refractivity contribution in [1.82, 2.24) is 0 Å². The quantitative estimate of drug-likeness (QED) is 0.466. The van der Waals surface area contributed by atoms with Crippen LogP contribution in [0.2, 0.25) is 0 Å². The van der Waals surface area contributed by atoms with E-state index < -0.39 is 0 Å². The average Bonchev–Trinajstić information content (AvgIpc) is 2.49. The molecular weight excluding hydrogens is 128 g/mol. The SMILES string of the molecule is O=C1O[C@H]2C[C@H]3CC[C@H]2[C@@H]13. The lowest BCUT2D eigenvalue weighted by Gasteiger charge is -2.20. The van der Waals surface area contributed by atoms with Gasteiger partial charge in [-0.05, 0) is 25.2 Å². The Bertz CT molecular complexity index is 199. The van der Waals surface area contributed by atoms with Crippen LogP contribution >= 0.6 is 0 Å². The van der Waals surface area contributed by atoms with Gasteiger partial charge >= 0.3 is 5.97 Å². The summed E-state index contributed by atoms with van der Waals surface area (Å²) in [6, 6.07) is 0. The fourth-order valence-corrected chi connectivity index (χ4v) is 3.00. The minimum atomic E-state index is 0.101. The fraction of sp³-hybridized carbons (Fsp3) is 0.875. The topological polar surface area (TPSA) is 26.3 Å². The molecule has 0 aromatic heterocycles. The van der Waals surface area contributed by atoms with E-state index in [0.717, 1.165) is 0 Å². The average molecular weight is 138 g/mol. The second-order valence-electron chi connectivity index (χ2n) is 3.74. The van der Waals surface area contributed by atoms with Crippen LogP contribution in [0.5, 0.6) is 0 Å². The van der Waals surface area contributed by atoms with Crippen LogP contribution in [0.25, 0.3) is 0 Å². The molecular formula is C8H10O2. The van der Waals surface area contributed by atoms with E-state index in [1.807, 2.05) is 0 Å². The Morgan fingerprint density at radius 1 is 1.40 bits per heavy atom. The van der Waals surface area contributed by atoms with E-state index in [9.17, 15) is 4.79 Å². The molecule has 0 aromatic carbocycles. The predicted molar refractivity (Wildman–Crippen MR) is 34.2 cm³/mol. The van der Waals surface area contributed by atoms with Crippen LogP contribution in [0.1, 0.15) is 19.3 Å². The largest absolute Gasteiger partial charge is 0.462 e. The van der Waals surface area contributed by atoms with Crippen molar-refractivity contribution in [2.75, 3.05) is 0 Å². The molecule has 54 valence electrons. The predicted octanol–water partition coefficient (Wildman–Crippen LogP) is 0.958. The zero-order chi connectivity index (χ0) is 6.72. The van der Waals surface area contributed by atoms with E-state index >= 15 is 0 Å². The number of hydrogen-bond donors (Lipinski definition) is 0. The highest BCUT2D eigenvalue weighted by Gasteiger charge is 2.58. The number of rotatable bonds is 0. The second kappa shape index (κ2) is 1.39. The smallest absolute Gasteiger partial charge is 0.309 e. The zero-order valence-electron chi connectivity index (χ0n) is 5.75. The van der Waals surface area contributed by atoms with E-state index in [4.69, 9.17) is 4.74 Å². The summed E-state index contributed by atoms with van der Waals surface area (Å²) < 4.78 is 5.16. The van der Waals surface area contributed by atoms with Gasteiger partial charge in [-0.15, -0.1) is 0 Å². The van der Waals surface area contributed by atoms with Crippen LogP contribution in [-0.4, -0.2) is 12.1 Å². The minimum Gasteiger partial charge on any atom is -0.462 e. The standard InChI is InChI=1S/C8H10O2/c9-8-7-4-1-2-5(7)6(3-4)10-8/h4-7H,1-3H2/t4-,5-,6+,7+/m1/s1. The molecule has 3 aliphatic rings. The highest BCUT2D eigenvalue weighted by atomic mass is 16.6. The third-order valence-electron chi connectivity index (χ3n) is 3.39. The van der Waals surface area contributed by atoms with Gasteiger partial charge in [0.2, 0.25) is 0 Å². The fourth-order valence-electron chi connectivity index (χ4n) is 3.00. The maximum absolute atomic E-state index is 11.1. The maximum atomic E-state index is 11.1. The molecule has 3 rings (SSSR count). The third-order valence-corrected chi connectivity index (χ3v) is 3.39. The van der Waals surface area contributed by atoms with Gasteiger partial charge in [0.1, 0.15) is 6.10 Å². The molecule has 0 spiro atoms. The maximum Gasteiger partial charge on any atom is 0.309 e. The normalized spacial score (nSPS) is 55.8.